The van der Waals surface area contributed by atoms with Crippen LogP contribution in [0.4, 0.5) is 0 Å². The van der Waals surface area contributed by atoms with Gasteiger partial charge in [0, 0.05) is 6.54 Å². The third-order valence-corrected chi connectivity index (χ3v) is 1.89. The Morgan fingerprint density at radius 1 is 1.54 bits per heavy atom. The number of nitrogens with one attached hydrogen (secondary N) is 1. The maximum absolute atomic E-state index is 5.63. The minimum Gasteiger partial charge on any atom is -0.468 e. The fourth-order valence-electron chi connectivity index (χ4n) is 1.17. The number of nitrogens with two attached hydrogens (primary N) is 1. The number of furan rings is 1. The van der Waals surface area contributed by atoms with Gasteiger partial charge in [-0.25, -0.2) is 0 Å². The maximum Gasteiger partial charge on any atom is 0.121 e. The van der Waals surface area contributed by atoms with Gasteiger partial charge in [0.05, 0.1) is 12.3 Å². The van der Waals surface area contributed by atoms with Crippen molar-refractivity contribution in [3.05, 3.63) is 24.2 Å². The van der Waals surface area contributed by atoms with Crippen molar-refractivity contribution in [3.8, 4) is 0 Å². The standard InChI is InChI=1S/C10H18N2O/c1-8(2)7-12-9(6-11)10-4-3-5-13-10/h3-5,8-9,12H,6-7,11H2,1-2H3. The van der Waals surface area contributed by atoms with Gasteiger partial charge in [-0.3, -0.25) is 0 Å². The Hall–Kier alpha value is -0.800. The van der Waals surface area contributed by atoms with Gasteiger partial charge in [-0.05, 0) is 24.6 Å². The summed E-state index contributed by atoms with van der Waals surface area (Å²) in [4.78, 5) is 0. The molecule has 3 heteroatoms. The molecule has 0 radical (unpaired) electrons. The van der Waals surface area contributed by atoms with Crippen LogP contribution in [-0.4, -0.2) is 13.1 Å². The molecule has 0 spiro atoms. The molecule has 0 saturated heterocycles. The van der Waals surface area contributed by atoms with E-state index in [0.717, 1.165) is 12.3 Å². The van der Waals surface area contributed by atoms with E-state index in [-0.39, 0.29) is 6.04 Å². The molecule has 1 aromatic rings. The van der Waals surface area contributed by atoms with Crippen LogP contribution >= 0.6 is 0 Å². The Kier molecular flexibility index (Phi) is 3.99. The van der Waals surface area contributed by atoms with Crippen molar-refractivity contribution in [2.45, 2.75) is 19.9 Å². The first kappa shape index (κ1) is 10.3. The van der Waals surface area contributed by atoms with Gasteiger partial charge in [0.2, 0.25) is 0 Å². The van der Waals surface area contributed by atoms with Gasteiger partial charge in [-0.1, -0.05) is 13.8 Å². The van der Waals surface area contributed by atoms with Gasteiger partial charge >= 0.3 is 0 Å². The van der Waals surface area contributed by atoms with Crippen LogP contribution in [0.1, 0.15) is 25.6 Å². The molecule has 0 aliphatic heterocycles. The van der Waals surface area contributed by atoms with E-state index in [0.29, 0.717) is 12.5 Å². The van der Waals surface area contributed by atoms with E-state index in [1.165, 1.54) is 0 Å². The zero-order valence-corrected chi connectivity index (χ0v) is 8.29. The summed E-state index contributed by atoms with van der Waals surface area (Å²) in [5.74, 6) is 1.55. The van der Waals surface area contributed by atoms with Crippen molar-refractivity contribution in [1.82, 2.24) is 5.32 Å². The molecular weight excluding hydrogens is 164 g/mol. The second kappa shape index (κ2) is 5.04. The summed E-state index contributed by atoms with van der Waals surface area (Å²) in [6.07, 6.45) is 1.68. The summed E-state index contributed by atoms with van der Waals surface area (Å²) in [6.45, 7) is 5.87. The molecule has 3 N–H and O–H groups in total. The molecule has 1 aromatic heterocycles. The monoisotopic (exact) mass is 182 g/mol. The van der Waals surface area contributed by atoms with Crippen LogP contribution in [0.5, 0.6) is 0 Å². The van der Waals surface area contributed by atoms with E-state index in [9.17, 15) is 0 Å². The minimum atomic E-state index is 0.150. The predicted octanol–water partition coefficient (Wildman–Crippen LogP) is 1.52. The van der Waals surface area contributed by atoms with Crippen molar-refractivity contribution in [1.29, 1.82) is 0 Å². The second-order valence-electron chi connectivity index (χ2n) is 3.61. The summed E-state index contributed by atoms with van der Waals surface area (Å²) in [5.41, 5.74) is 5.63. The van der Waals surface area contributed by atoms with Gasteiger partial charge in [-0.2, -0.15) is 0 Å². The highest BCUT2D eigenvalue weighted by atomic mass is 16.3. The molecule has 1 unspecified atom stereocenters. The molecule has 0 aliphatic carbocycles. The Morgan fingerprint density at radius 2 is 2.31 bits per heavy atom. The summed E-state index contributed by atoms with van der Waals surface area (Å²) in [7, 11) is 0. The average molecular weight is 182 g/mol. The van der Waals surface area contributed by atoms with Crippen molar-refractivity contribution in [3.63, 3.8) is 0 Å². The summed E-state index contributed by atoms with van der Waals surface area (Å²) >= 11 is 0. The molecule has 13 heavy (non-hydrogen) atoms. The smallest absolute Gasteiger partial charge is 0.121 e. The lowest BCUT2D eigenvalue weighted by Crippen LogP contribution is -2.30. The zero-order chi connectivity index (χ0) is 9.68. The molecule has 0 aromatic carbocycles. The van der Waals surface area contributed by atoms with Crippen LogP contribution in [0.3, 0.4) is 0 Å². The molecule has 0 fully saturated rings. The molecular formula is C10H18N2O. The molecule has 1 atom stereocenters. The third-order valence-electron chi connectivity index (χ3n) is 1.89. The van der Waals surface area contributed by atoms with E-state index < -0.39 is 0 Å². The van der Waals surface area contributed by atoms with Gasteiger partial charge in [0.1, 0.15) is 5.76 Å². The Labute approximate surface area is 79.3 Å². The van der Waals surface area contributed by atoms with Crippen molar-refractivity contribution in [2.75, 3.05) is 13.1 Å². The van der Waals surface area contributed by atoms with E-state index >= 15 is 0 Å². The van der Waals surface area contributed by atoms with Crippen molar-refractivity contribution >= 4 is 0 Å². The molecule has 74 valence electrons. The van der Waals surface area contributed by atoms with Gasteiger partial charge in [0.25, 0.3) is 0 Å². The highest BCUT2D eigenvalue weighted by Gasteiger charge is 2.11. The normalized spacial score (nSPS) is 13.5. The molecule has 0 bridgehead atoms. The van der Waals surface area contributed by atoms with Gasteiger partial charge in [-0.15, -0.1) is 0 Å². The zero-order valence-electron chi connectivity index (χ0n) is 8.29. The van der Waals surface area contributed by atoms with E-state index in [2.05, 4.69) is 19.2 Å². The van der Waals surface area contributed by atoms with Crippen LogP contribution in [0, 0.1) is 5.92 Å². The lowest BCUT2D eigenvalue weighted by Gasteiger charge is -2.15. The molecule has 0 aliphatic rings. The maximum atomic E-state index is 5.63. The molecule has 3 nitrogen and oxygen atoms in total. The van der Waals surface area contributed by atoms with E-state index in [1.807, 2.05) is 12.1 Å². The fraction of sp³-hybridized carbons (Fsp3) is 0.600. The number of hydrogen-bond donors (Lipinski definition) is 2. The molecule has 1 rings (SSSR count). The first-order valence-corrected chi connectivity index (χ1v) is 4.71. The first-order chi connectivity index (χ1) is 6.24. The van der Waals surface area contributed by atoms with Crippen LogP contribution in [-0.2, 0) is 0 Å². The van der Waals surface area contributed by atoms with Gasteiger partial charge in [0.15, 0.2) is 0 Å². The number of rotatable bonds is 5. The Balaban J connectivity index is 2.44. The highest BCUT2D eigenvalue weighted by molar-refractivity contribution is 5.04. The van der Waals surface area contributed by atoms with E-state index in [1.54, 1.807) is 6.26 Å². The summed E-state index contributed by atoms with van der Waals surface area (Å²) in [5, 5.41) is 3.35. The third kappa shape index (κ3) is 3.20. The van der Waals surface area contributed by atoms with Crippen LogP contribution < -0.4 is 11.1 Å². The molecule has 0 amide bonds. The lowest BCUT2D eigenvalue weighted by molar-refractivity contribution is 0.398. The second-order valence-corrected chi connectivity index (χ2v) is 3.61. The van der Waals surface area contributed by atoms with Crippen molar-refractivity contribution < 1.29 is 4.42 Å². The van der Waals surface area contributed by atoms with Crippen LogP contribution in [0.2, 0.25) is 0 Å². The summed E-state index contributed by atoms with van der Waals surface area (Å²) < 4.78 is 5.28. The highest BCUT2D eigenvalue weighted by Crippen LogP contribution is 2.11. The van der Waals surface area contributed by atoms with Gasteiger partial charge < -0.3 is 15.5 Å². The first-order valence-electron chi connectivity index (χ1n) is 4.71. The fourth-order valence-corrected chi connectivity index (χ4v) is 1.17. The van der Waals surface area contributed by atoms with Crippen molar-refractivity contribution in [2.24, 2.45) is 11.7 Å². The SMILES string of the molecule is CC(C)CNC(CN)c1ccco1. The van der Waals surface area contributed by atoms with E-state index in [4.69, 9.17) is 10.2 Å². The molecule has 1 heterocycles. The minimum absolute atomic E-state index is 0.150. The largest absolute Gasteiger partial charge is 0.468 e. The Bertz CT molecular complexity index is 219. The lowest BCUT2D eigenvalue weighted by atomic mass is 10.2. The predicted molar refractivity (Wildman–Crippen MR) is 53.3 cm³/mol. The average Bonchev–Trinajstić information content (AvgIpc) is 2.58. The Morgan fingerprint density at radius 3 is 2.77 bits per heavy atom. The van der Waals surface area contributed by atoms with Crippen LogP contribution in [0.25, 0.3) is 0 Å². The molecule has 0 saturated carbocycles. The van der Waals surface area contributed by atoms with Crippen LogP contribution in [0.15, 0.2) is 22.8 Å². The topological polar surface area (TPSA) is 51.2 Å². The summed E-state index contributed by atoms with van der Waals surface area (Å²) in [6, 6.07) is 3.98. The quantitative estimate of drug-likeness (QED) is 0.726. The number of hydrogen-bond acceptors (Lipinski definition) is 3.